The largest absolute Gasteiger partial charge is 0.481 e. The number of carboxylic acids is 1. The number of fused-ring (bicyclic) bond motifs is 11. The van der Waals surface area contributed by atoms with Crippen molar-refractivity contribution in [1.82, 2.24) is 0 Å². The van der Waals surface area contributed by atoms with Crippen molar-refractivity contribution < 1.29 is 19.4 Å². The molecule has 0 heterocycles. The average molecular weight is 373 g/mol. The minimum absolute atomic E-state index is 0.0735. The van der Waals surface area contributed by atoms with Gasteiger partial charge in [0.2, 0.25) is 0 Å². The lowest BCUT2D eigenvalue weighted by atomic mass is 9.69. The molecule has 4 heteroatoms. The van der Waals surface area contributed by atoms with Crippen molar-refractivity contribution >= 4 is 11.9 Å². The molecule has 6 bridgehead atoms. The Bertz CT molecular complexity index is 688. The number of esters is 1. The van der Waals surface area contributed by atoms with E-state index in [0.717, 1.165) is 42.4 Å². The maximum Gasteiger partial charge on any atom is 0.310 e. The van der Waals surface area contributed by atoms with Gasteiger partial charge in [0.15, 0.2) is 0 Å². The third kappa shape index (κ3) is 2.05. The molecular weight excluding hydrogens is 340 g/mol. The van der Waals surface area contributed by atoms with Crippen molar-refractivity contribution in [2.24, 2.45) is 71.0 Å². The van der Waals surface area contributed by atoms with Crippen molar-refractivity contribution in [3.8, 4) is 0 Å². The fourth-order valence-corrected chi connectivity index (χ4v) is 9.53. The number of rotatable bonds is 3. The molecule has 6 aliphatic carbocycles. The van der Waals surface area contributed by atoms with Gasteiger partial charge in [-0.3, -0.25) is 9.59 Å². The summed E-state index contributed by atoms with van der Waals surface area (Å²) < 4.78 is 6.16. The van der Waals surface area contributed by atoms with Crippen molar-refractivity contribution in [3.63, 3.8) is 0 Å². The summed E-state index contributed by atoms with van der Waals surface area (Å²) in [6, 6.07) is 0. The smallest absolute Gasteiger partial charge is 0.310 e. The fourth-order valence-electron chi connectivity index (χ4n) is 9.53. The van der Waals surface area contributed by atoms with E-state index in [-0.39, 0.29) is 23.9 Å². The van der Waals surface area contributed by atoms with Gasteiger partial charge in [0.1, 0.15) is 6.10 Å². The van der Waals surface area contributed by atoms with Crippen LogP contribution in [0.25, 0.3) is 0 Å². The maximum absolute atomic E-state index is 13.2. The summed E-state index contributed by atoms with van der Waals surface area (Å²) in [6.45, 7) is 4.36. The van der Waals surface area contributed by atoms with Gasteiger partial charge in [0, 0.05) is 0 Å². The van der Waals surface area contributed by atoms with E-state index in [9.17, 15) is 14.7 Å². The summed E-state index contributed by atoms with van der Waals surface area (Å²) >= 11 is 0. The van der Waals surface area contributed by atoms with Crippen molar-refractivity contribution in [3.05, 3.63) is 0 Å². The first-order chi connectivity index (χ1) is 13.0. The SMILES string of the molecule is CC1C(C)C2CC1C(C(=O)O)C2C(=O)OC1CC2CC1C1C3CCC(C3)C21. The zero-order valence-corrected chi connectivity index (χ0v) is 16.4. The molecule has 6 fully saturated rings. The maximum atomic E-state index is 13.2. The summed E-state index contributed by atoms with van der Waals surface area (Å²) in [5.41, 5.74) is 0. The highest BCUT2D eigenvalue weighted by atomic mass is 16.5. The van der Waals surface area contributed by atoms with E-state index >= 15 is 0 Å². The molecule has 13 atom stereocenters. The van der Waals surface area contributed by atoms with E-state index < -0.39 is 17.8 Å². The number of carboxylic acid groups (broad SMARTS) is 1. The molecule has 0 aromatic rings. The third-order valence-electron chi connectivity index (χ3n) is 10.5. The second-order valence-corrected chi connectivity index (χ2v) is 11.0. The van der Waals surface area contributed by atoms with Gasteiger partial charge in [0.25, 0.3) is 0 Å². The van der Waals surface area contributed by atoms with Crippen LogP contribution in [-0.4, -0.2) is 23.1 Å². The molecule has 0 spiro atoms. The molecular formula is C23H32O4. The molecule has 0 aromatic heterocycles. The number of carbonyl (C=O) groups excluding carboxylic acids is 1. The lowest BCUT2D eigenvalue weighted by molar-refractivity contribution is -0.170. The highest BCUT2D eigenvalue weighted by molar-refractivity contribution is 5.83. The van der Waals surface area contributed by atoms with Gasteiger partial charge in [0.05, 0.1) is 11.8 Å². The van der Waals surface area contributed by atoms with Crippen LogP contribution in [0.4, 0.5) is 0 Å². The lowest BCUT2D eigenvalue weighted by Gasteiger charge is -2.40. The Kier molecular flexibility index (Phi) is 3.44. The Morgan fingerprint density at radius 3 is 2.15 bits per heavy atom. The van der Waals surface area contributed by atoms with Crippen LogP contribution < -0.4 is 0 Å². The third-order valence-corrected chi connectivity index (χ3v) is 10.5. The molecule has 27 heavy (non-hydrogen) atoms. The second-order valence-electron chi connectivity index (χ2n) is 11.0. The van der Waals surface area contributed by atoms with E-state index in [1.54, 1.807) is 0 Å². The van der Waals surface area contributed by atoms with E-state index in [1.807, 2.05) is 0 Å². The van der Waals surface area contributed by atoms with Gasteiger partial charge in [-0.05, 0) is 97.7 Å². The average Bonchev–Trinajstić information content (AvgIpc) is 3.43. The molecule has 4 nitrogen and oxygen atoms in total. The minimum atomic E-state index is -0.788. The van der Waals surface area contributed by atoms with Crippen LogP contribution >= 0.6 is 0 Å². The molecule has 1 N–H and O–H groups in total. The van der Waals surface area contributed by atoms with Gasteiger partial charge < -0.3 is 9.84 Å². The minimum Gasteiger partial charge on any atom is -0.481 e. The quantitative estimate of drug-likeness (QED) is 0.604. The molecule has 0 amide bonds. The van der Waals surface area contributed by atoms with Crippen LogP contribution in [0.5, 0.6) is 0 Å². The predicted octanol–water partition coefficient (Wildman–Crippen LogP) is 3.84. The number of aliphatic carboxylic acids is 1. The zero-order chi connectivity index (χ0) is 18.6. The summed E-state index contributed by atoms with van der Waals surface area (Å²) in [5.74, 6) is 4.17. The molecule has 6 saturated carbocycles. The number of ether oxygens (including phenoxy) is 1. The van der Waals surface area contributed by atoms with Crippen LogP contribution in [0, 0.1) is 71.0 Å². The first-order valence-electron chi connectivity index (χ1n) is 11.4. The topological polar surface area (TPSA) is 63.6 Å². The summed E-state index contributed by atoms with van der Waals surface area (Å²) in [7, 11) is 0. The van der Waals surface area contributed by atoms with Crippen LogP contribution in [0.15, 0.2) is 0 Å². The number of hydrogen-bond acceptors (Lipinski definition) is 3. The molecule has 13 unspecified atom stereocenters. The molecule has 6 rings (SSSR count). The van der Waals surface area contributed by atoms with Gasteiger partial charge in [-0.15, -0.1) is 0 Å². The molecule has 0 aliphatic heterocycles. The Hall–Kier alpha value is -1.06. The molecule has 0 radical (unpaired) electrons. The molecule has 6 aliphatic rings. The van der Waals surface area contributed by atoms with Crippen molar-refractivity contribution in [2.45, 2.75) is 58.5 Å². The van der Waals surface area contributed by atoms with Gasteiger partial charge in [-0.25, -0.2) is 0 Å². The monoisotopic (exact) mass is 372 g/mol. The highest BCUT2D eigenvalue weighted by Crippen LogP contribution is 2.68. The Morgan fingerprint density at radius 1 is 0.778 bits per heavy atom. The number of carbonyl (C=O) groups is 2. The molecule has 0 aromatic carbocycles. The predicted molar refractivity (Wildman–Crippen MR) is 98.4 cm³/mol. The summed E-state index contributed by atoms with van der Waals surface area (Å²) in [5, 5.41) is 9.81. The standard InChI is InChI=1S/C23H32O4/c1-9-10(2)15-8-14(9)20(22(24)25)21(15)23(26)27-17-7-13-6-16(17)19-12-4-3-11(5-12)18(13)19/h9-21H,3-8H2,1-2H3,(H,24,25). The molecule has 0 saturated heterocycles. The van der Waals surface area contributed by atoms with Crippen LogP contribution in [0.1, 0.15) is 52.4 Å². The lowest BCUT2D eigenvalue weighted by Crippen LogP contribution is -2.44. The van der Waals surface area contributed by atoms with E-state index in [4.69, 9.17) is 4.74 Å². The Labute approximate surface area is 161 Å². The summed E-state index contributed by atoms with van der Waals surface area (Å²) in [4.78, 5) is 25.2. The zero-order valence-electron chi connectivity index (χ0n) is 16.4. The van der Waals surface area contributed by atoms with Gasteiger partial charge in [-0.1, -0.05) is 13.8 Å². The normalized spacial score (nSPS) is 59.4. The van der Waals surface area contributed by atoms with Crippen LogP contribution in [-0.2, 0) is 14.3 Å². The van der Waals surface area contributed by atoms with E-state index in [1.165, 1.54) is 25.7 Å². The number of hydrogen-bond donors (Lipinski definition) is 1. The first kappa shape index (κ1) is 16.9. The van der Waals surface area contributed by atoms with Gasteiger partial charge >= 0.3 is 11.9 Å². The first-order valence-corrected chi connectivity index (χ1v) is 11.4. The van der Waals surface area contributed by atoms with Gasteiger partial charge in [-0.2, -0.15) is 0 Å². The fraction of sp³-hybridized carbons (Fsp3) is 0.913. The Morgan fingerprint density at radius 2 is 1.44 bits per heavy atom. The summed E-state index contributed by atoms with van der Waals surface area (Å²) in [6.07, 6.45) is 7.51. The van der Waals surface area contributed by atoms with Crippen molar-refractivity contribution in [2.75, 3.05) is 0 Å². The highest BCUT2D eigenvalue weighted by Gasteiger charge is 2.64. The van der Waals surface area contributed by atoms with E-state index in [0.29, 0.717) is 17.8 Å². The van der Waals surface area contributed by atoms with E-state index in [2.05, 4.69) is 13.8 Å². The Balaban J connectivity index is 1.20. The van der Waals surface area contributed by atoms with Crippen LogP contribution in [0.3, 0.4) is 0 Å². The van der Waals surface area contributed by atoms with Crippen molar-refractivity contribution in [1.29, 1.82) is 0 Å². The molecule has 148 valence electrons. The second kappa shape index (κ2) is 5.51. The van der Waals surface area contributed by atoms with Crippen LogP contribution in [0.2, 0.25) is 0 Å².